The highest BCUT2D eigenvalue weighted by atomic mass is 19.4. The Labute approximate surface area is 175 Å². The molecule has 0 bridgehead atoms. The third-order valence-corrected chi connectivity index (χ3v) is 6.06. The van der Waals surface area contributed by atoms with E-state index in [-0.39, 0.29) is 18.6 Å². The minimum atomic E-state index is -5.72. The quantitative estimate of drug-likeness (QED) is 0.616. The first-order chi connectivity index (χ1) is 14.5. The number of halogens is 6. The molecule has 174 valence electrons. The topological polar surface area (TPSA) is 42.0 Å². The molecule has 0 N–H and O–H groups in total. The molecule has 11 heteroatoms. The first-order valence-electron chi connectivity index (χ1n) is 9.92. The average Bonchev–Trinajstić information content (AvgIpc) is 3.06. The highest BCUT2D eigenvalue weighted by Crippen LogP contribution is 2.41. The van der Waals surface area contributed by atoms with Gasteiger partial charge in [0.25, 0.3) is 6.10 Å². The Morgan fingerprint density at radius 1 is 1.03 bits per heavy atom. The van der Waals surface area contributed by atoms with Crippen LogP contribution < -0.4 is 4.74 Å². The van der Waals surface area contributed by atoms with Gasteiger partial charge in [0.05, 0.1) is 7.11 Å². The molecular weight excluding hydrogens is 430 g/mol. The average molecular weight is 454 g/mol. The highest BCUT2D eigenvalue weighted by Gasteiger charge is 2.60. The summed E-state index contributed by atoms with van der Waals surface area (Å²) in [5, 5.41) is 0. The lowest BCUT2D eigenvalue weighted by Gasteiger charge is -2.45. The first kappa shape index (κ1) is 23.5. The number of para-hydroxylation sites is 1. The minimum absolute atomic E-state index is 0.0314. The molecule has 0 unspecified atom stereocenters. The van der Waals surface area contributed by atoms with Crippen molar-refractivity contribution in [3.8, 4) is 5.75 Å². The van der Waals surface area contributed by atoms with E-state index < -0.39 is 24.5 Å². The Morgan fingerprint density at radius 2 is 1.65 bits per heavy atom. The minimum Gasteiger partial charge on any atom is -0.496 e. The molecule has 2 fully saturated rings. The zero-order chi connectivity index (χ0) is 22.9. The van der Waals surface area contributed by atoms with Gasteiger partial charge in [-0.25, -0.2) is 4.79 Å². The third-order valence-electron chi connectivity index (χ3n) is 6.06. The van der Waals surface area contributed by atoms with Crippen LogP contribution in [0, 0.1) is 0 Å². The zero-order valence-corrected chi connectivity index (χ0v) is 16.9. The van der Waals surface area contributed by atoms with E-state index in [4.69, 9.17) is 4.74 Å². The Bertz CT molecular complexity index is 761. The van der Waals surface area contributed by atoms with Crippen molar-refractivity contribution in [3.05, 3.63) is 29.8 Å². The van der Waals surface area contributed by atoms with Gasteiger partial charge in [-0.1, -0.05) is 18.2 Å². The van der Waals surface area contributed by atoms with Crippen LogP contribution in [-0.2, 0) is 11.3 Å². The second kappa shape index (κ2) is 8.76. The molecule has 0 aromatic heterocycles. The predicted octanol–water partition coefficient (Wildman–Crippen LogP) is 4.76. The molecule has 2 saturated heterocycles. The molecular formula is C20H24F6N2O3. The second-order valence-corrected chi connectivity index (χ2v) is 7.90. The lowest BCUT2D eigenvalue weighted by atomic mass is 9.85. The Kier molecular flexibility index (Phi) is 6.64. The van der Waals surface area contributed by atoms with Crippen LogP contribution in [0.2, 0.25) is 0 Å². The smallest absolute Gasteiger partial charge is 0.434 e. The van der Waals surface area contributed by atoms with Crippen molar-refractivity contribution in [2.45, 2.75) is 56.2 Å². The van der Waals surface area contributed by atoms with Gasteiger partial charge in [-0.3, -0.25) is 4.90 Å². The third kappa shape index (κ3) is 5.19. The maximum atomic E-state index is 12.7. The summed E-state index contributed by atoms with van der Waals surface area (Å²) < 4.78 is 85.3. The maximum absolute atomic E-state index is 12.7. The van der Waals surface area contributed by atoms with Crippen LogP contribution in [0.25, 0.3) is 0 Å². The van der Waals surface area contributed by atoms with E-state index in [0.29, 0.717) is 19.4 Å². The van der Waals surface area contributed by atoms with E-state index in [0.717, 1.165) is 35.6 Å². The largest absolute Gasteiger partial charge is 0.496 e. The molecule has 31 heavy (non-hydrogen) atoms. The molecule has 0 radical (unpaired) electrons. The molecule has 5 nitrogen and oxygen atoms in total. The molecule has 0 aliphatic carbocycles. The van der Waals surface area contributed by atoms with Crippen molar-refractivity contribution in [2.24, 2.45) is 0 Å². The summed E-state index contributed by atoms with van der Waals surface area (Å²) in [4.78, 5) is 15.2. The summed E-state index contributed by atoms with van der Waals surface area (Å²) >= 11 is 0. The van der Waals surface area contributed by atoms with Crippen LogP contribution in [0.5, 0.6) is 5.75 Å². The molecule has 1 aromatic rings. The van der Waals surface area contributed by atoms with Gasteiger partial charge in [0.15, 0.2) is 0 Å². The van der Waals surface area contributed by atoms with E-state index in [9.17, 15) is 31.1 Å². The molecule has 1 aromatic carbocycles. The van der Waals surface area contributed by atoms with Crippen molar-refractivity contribution >= 4 is 6.09 Å². The zero-order valence-electron chi connectivity index (χ0n) is 16.9. The van der Waals surface area contributed by atoms with Crippen molar-refractivity contribution < 1.29 is 40.6 Å². The number of nitrogens with zero attached hydrogens (tertiary/aromatic N) is 2. The van der Waals surface area contributed by atoms with Gasteiger partial charge in [0, 0.05) is 30.7 Å². The van der Waals surface area contributed by atoms with Crippen LogP contribution in [0.15, 0.2) is 24.3 Å². The lowest BCUT2D eigenvalue weighted by Crippen LogP contribution is -2.54. The number of piperidine rings is 1. The Hall–Kier alpha value is -2.17. The van der Waals surface area contributed by atoms with E-state index in [1.807, 2.05) is 24.3 Å². The number of amides is 1. The fourth-order valence-corrected chi connectivity index (χ4v) is 4.45. The van der Waals surface area contributed by atoms with Crippen molar-refractivity contribution in [1.82, 2.24) is 9.80 Å². The molecule has 3 rings (SSSR count). The first-order valence-corrected chi connectivity index (χ1v) is 9.92. The highest BCUT2D eigenvalue weighted by molar-refractivity contribution is 5.68. The number of alkyl halides is 6. The number of benzene rings is 1. The van der Waals surface area contributed by atoms with Gasteiger partial charge in [0.2, 0.25) is 0 Å². The standard InChI is InChI=1S/C20H24F6N2O3/c1-30-15-6-3-2-5-14(15)13-28-10-4-7-18(28)8-11-27(12-9-18)17(29)31-16(19(21,22)23)20(24,25)26/h2-3,5-6,16H,4,7-13H2,1H3. The van der Waals surface area contributed by atoms with Crippen molar-refractivity contribution in [1.29, 1.82) is 0 Å². The monoisotopic (exact) mass is 454 g/mol. The number of rotatable bonds is 4. The maximum Gasteiger partial charge on any atom is 0.434 e. The number of carbonyl (C=O) groups is 1. The van der Waals surface area contributed by atoms with Crippen LogP contribution >= 0.6 is 0 Å². The SMILES string of the molecule is COc1ccccc1CN1CCCC12CCN(C(=O)OC(C(F)(F)F)C(F)(F)F)CC2. The number of likely N-dealkylation sites (tertiary alicyclic amines) is 2. The van der Waals surface area contributed by atoms with Crippen LogP contribution in [0.3, 0.4) is 0 Å². The summed E-state index contributed by atoms with van der Waals surface area (Å²) in [5.41, 5.74) is 0.733. The molecule has 2 aliphatic heterocycles. The molecule has 1 spiro atoms. The van der Waals surface area contributed by atoms with Crippen LogP contribution in [-0.4, -0.2) is 66.6 Å². The normalized spacial score (nSPS) is 19.8. The van der Waals surface area contributed by atoms with E-state index >= 15 is 0 Å². The van der Waals surface area contributed by atoms with Crippen LogP contribution in [0.1, 0.15) is 31.2 Å². The number of hydrogen-bond donors (Lipinski definition) is 0. The van der Waals surface area contributed by atoms with E-state index in [1.54, 1.807) is 7.11 Å². The predicted molar refractivity (Wildman–Crippen MR) is 98.6 cm³/mol. The van der Waals surface area contributed by atoms with Crippen LogP contribution in [0.4, 0.5) is 31.1 Å². The van der Waals surface area contributed by atoms with E-state index in [2.05, 4.69) is 9.64 Å². The Balaban J connectivity index is 1.64. The number of methoxy groups -OCH3 is 1. The van der Waals surface area contributed by atoms with Crippen molar-refractivity contribution in [2.75, 3.05) is 26.7 Å². The fraction of sp³-hybridized carbons (Fsp3) is 0.650. The summed E-state index contributed by atoms with van der Waals surface area (Å²) in [5.74, 6) is 0.746. The van der Waals surface area contributed by atoms with Gasteiger partial charge < -0.3 is 14.4 Å². The lowest BCUT2D eigenvalue weighted by molar-refractivity contribution is -0.308. The molecule has 0 saturated carbocycles. The second-order valence-electron chi connectivity index (χ2n) is 7.90. The summed E-state index contributed by atoms with van der Waals surface area (Å²) in [7, 11) is 1.58. The number of ether oxygens (including phenoxy) is 2. The van der Waals surface area contributed by atoms with Gasteiger partial charge >= 0.3 is 18.4 Å². The number of hydrogen-bond acceptors (Lipinski definition) is 4. The molecule has 0 atom stereocenters. The Morgan fingerprint density at radius 3 is 2.23 bits per heavy atom. The van der Waals surface area contributed by atoms with E-state index in [1.165, 1.54) is 0 Å². The van der Waals surface area contributed by atoms with Gasteiger partial charge in [0.1, 0.15) is 5.75 Å². The summed E-state index contributed by atoms with van der Waals surface area (Å²) in [6.45, 7) is 1.48. The van der Waals surface area contributed by atoms with Gasteiger partial charge in [-0.2, -0.15) is 26.3 Å². The molecule has 2 aliphatic rings. The van der Waals surface area contributed by atoms with Gasteiger partial charge in [-0.15, -0.1) is 0 Å². The fourth-order valence-electron chi connectivity index (χ4n) is 4.45. The molecule has 1 amide bonds. The molecule has 2 heterocycles. The number of carbonyl (C=O) groups excluding carboxylic acids is 1. The van der Waals surface area contributed by atoms with Gasteiger partial charge in [-0.05, 0) is 38.3 Å². The summed E-state index contributed by atoms with van der Waals surface area (Å²) in [6.07, 6.45) is -14.5. The van der Waals surface area contributed by atoms with Crippen molar-refractivity contribution in [3.63, 3.8) is 0 Å². The summed E-state index contributed by atoms with van der Waals surface area (Å²) in [6, 6.07) is 7.57.